The zero-order valence-electron chi connectivity index (χ0n) is 10.4. The molecule has 0 aliphatic heterocycles. The minimum absolute atomic E-state index is 0.700. The van der Waals surface area contributed by atoms with Crippen LogP contribution in [0.1, 0.15) is 25.7 Å². The van der Waals surface area contributed by atoms with Crippen molar-refractivity contribution in [1.29, 1.82) is 0 Å². The summed E-state index contributed by atoms with van der Waals surface area (Å²) in [5, 5.41) is 12.5. The highest BCUT2D eigenvalue weighted by atomic mass is 32.1. The Morgan fingerprint density at radius 1 is 1.00 bits per heavy atom. The second kappa shape index (κ2) is 7.16. The van der Waals surface area contributed by atoms with Crippen molar-refractivity contribution >= 4 is 12.6 Å². The van der Waals surface area contributed by atoms with Crippen LogP contribution in [0.3, 0.4) is 0 Å². The number of nitrogens with zero attached hydrogens (tertiary/aromatic N) is 4. The number of hydrogen-bond donors (Lipinski definition) is 1. The van der Waals surface area contributed by atoms with Crippen LogP contribution < -0.4 is 0 Å². The molecule has 5 heteroatoms. The Morgan fingerprint density at radius 3 is 2.56 bits per heavy atom. The Hall–Kier alpha value is -1.36. The minimum Gasteiger partial charge on any atom is -0.179 e. The van der Waals surface area contributed by atoms with Gasteiger partial charge in [-0.05, 0) is 23.8 Å². The average molecular weight is 262 g/mol. The second-order valence-corrected chi connectivity index (χ2v) is 4.66. The summed E-state index contributed by atoms with van der Waals surface area (Å²) in [6.07, 6.45) is 4.70. The lowest BCUT2D eigenvalue weighted by Crippen LogP contribution is -2.02. The molecule has 0 atom stereocenters. The molecule has 0 unspecified atom stereocenters. The van der Waals surface area contributed by atoms with Gasteiger partial charge >= 0.3 is 0 Å². The van der Waals surface area contributed by atoms with E-state index in [1.807, 2.05) is 30.3 Å². The van der Waals surface area contributed by atoms with Crippen molar-refractivity contribution in [2.45, 2.75) is 32.2 Å². The molecule has 0 fully saturated rings. The van der Waals surface area contributed by atoms with Crippen LogP contribution in [0.15, 0.2) is 30.3 Å². The number of unbranched alkanes of at least 4 members (excludes halogenated alkanes) is 3. The number of rotatable bonds is 7. The molecule has 1 aromatic heterocycles. The van der Waals surface area contributed by atoms with Crippen molar-refractivity contribution in [2.75, 3.05) is 5.75 Å². The summed E-state index contributed by atoms with van der Waals surface area (Å²) in [7, 11) is 0. The van der Waals surface area contributed by atoms with Gasteiger partial charge in [0.1, 0.15) is 0 Å². The molecule has 2 aromatic rings. The van der Waals surface area contributed by atoms with Crippen LogP contribution in [0.25, 0.3) is 11.4 Å². The van der Waals surface area contributed by atoms with E-state index in [0.717, 1.165) is 24.3 Å². The Kier molecular flexibility index (Phi) is 5.20. The van der Waals surface area contributed by atoms with E-state index in [0.29, 0.717) is 5.82 Å². The fourth-order valence-electron chi connectivity index (χ4n) is 1.76. The molecule has 0 bridgehead atoms. The molecule has 0 spiro atoms. The Labute approximate surface area is 113 Å². The third-order valence-corrected chi connectivity index (χ3v) is 3.07. The Balaban J connectivity index is 1.83. The van der Waals surface area contributed by atoms with Crippen molar-refractivity contribution in [3.63, 3.8) is 0 Å². The molecule has 0 radical (unpaired) electrons. The van der Waals surface area contributed by atoms with Crippen LogP contribution in [0.2, 0.25) is 0 Å². The highest BCUT2D eigenvalue weighted by molar-refractivity contribution is 7.80. The van der Waals surface area contributed by atoms with Crippen molar-refractivity contribution in [3.05, 3.63) is 30.3 Å². The van der Waals surface area contributed by atoms with Gasteiger partial charge in [-0.3, -0.25) is 0 Å². The van der Waals surface area contributed by atoms with Gasteiger partial charge in [-0.2, -0.15) is 17.4 Å². The maximum Gasteiger partial charge on any atom is 0.204 e. The zero-order chi connectivity index (χ0) is 12.6. The van der Waals surface area contributed by atoms with Crippen LogP contribution in [0, 0.1) is 0 Å². The zero-order valence-corrected chi connectivity index (χ0v) is 11.3. The third kappa shape index (κ3) is 3.84. The molecule has 4 nitrogen and oxygen atoms in total. The standard InChI is InChI=1S/C13H18N4S/c18-11-7-2-1-6-10-17-15-13(14-16-17)12-8-4-3-5-9-12/h3-5,8-9,18H,1-2,6-7,10-11H2. The lowest BCUT2D eigenvalue weighted by molar-refractivity contribution is 0.481. The highest BCUT2D eigenvalue weighted by Gasteiger charge is 2.04. The van der Waals surface area contributed by atoms with Gasteiger partial charge in [0.15, 0.2) is 0 Å². The van der Waals surface area contributed by atoms with Gasteiger partial charge in [0.25, 0.3) is 0 Å². The van der Waals surface area contributed by atoms with Gasteiger partial charge in [-0.15, -0.1) is 10.2 Å². The first-order valence-electron chi connectivity index (χ1n) is 6.34. The van der Waals surface area contributed by atoms with E-state index in [2.05, 4.69) is 28.0 Å². The molecular formula is C13H18N4S. The van der Waals surface area contributed by atoms with E-state index in [-0.39, 0.29) is 0 Å². The number of benzene rings is 1. The van der Waals surface area contributed by atoms with Crippen LogP contribution in [-0.2, 0) is 6.54 Å². The van der Waals surface area contributed by atoms with E-state index in [1.165, 1.54) is 19.3 Å². The smallest absolute Gasteiger partial charge is 0.179 e. The normalized spacial score (nSPS) is 10.7. The quantitative estimate of drug-likeness (QED) is 0.616. The Morgan fingerprint density at radius 2 is 1.78 bits per heavy atom. The number of hydrogen-bond acceptors (Lipinski definition) is 4. The van der Waals surface area contributed by atoms with Crippen LogP contribution in [0.5, 0.6) is 0 Å². The molecule has 0 saturated heterocycles. The lowest BCUT2D eigenvalue weighted by atomic mass is 10.2. The molecular weight excluding hydrogens is 244 g/mol. The Bertz CT molecular complexity index is 455. The maximum atomic E-state index is 4.38. The number of thiol groups is 1. The topological polar surface area (TPSA) is 43.6 Å². The number of tetrazole rings is 1. The molecule has 0 N–H and O–H groups in total. The van der Waals surface area contributed by atoms with Gasteiger partial charge in [-0.25, -0.2) is 0 Å². The molecule has 18 heavy (non-hydrogen) atoms. The van der Waals surface area contributed by atoms with E-state index < -0.39 is 0 Å². The van der Waals surface area contributed by atoms with Gasteiger partial charge in [0.05, 0.1) is 6.54 Å². The van der Waals surface area contributed by atoms with Gasteiger partial charge in [0.2, 0.25) is 5.82 Å². The number of aryl methyl sites for hydroxylation is 1. The largest absolute Gasteiger partial charge is 0.204 e. The summed E-state index contributed by atoms with van der Waals surface area (Å²) in [5.74, 6) is 1.67. The fourth-order valence-corrected chi connectivity index (χ4v) is 1.98. The molecule has 0 aliphatic rings. The third-order valence-electron chi connectivity index (χ3n) is 2.75. The summed E-state index contributed by atoms with van der Waals surface area (Å²) in [5.41, 5.74) is 1.01. The first-order valence-corrected chi connectivity index (χ1v) is 6.97. The van der Waals surface area contributed by atoms with Gasteiger partial charge in [-0.1, -0.05) is 43.2 Å². The predicted molar refractivity (Wildman–Crippen MR) is 75.6 cm³/mol. The maximum absolute atomic E-state index is 4.38. The summed E-state index contributed by atoms with van der Waals surface area (Å²) < 4.78 is 0. The van der Waals surface area contributed by atoms with Crippen molar-refractivity contribution in [3.8, 4) is 11.4 Å². The summed E-state index contributed by atoms with van der Waals surface area (Å²) in [4.78, 5) is 1.68. The monoisotopic (exact) mass is 262 g/mol. The van der Waals surface area contributed by atoms with E-state index >= 15 is 0 Å². The molecule has 0 aliphatic carbocycles. The molecule has 0 amide bonds. The molecule has 1 aromatic carbocycles. The molecule has 2 rings (SSSR count). The molecule has 0 saturated carbocycles. The van der Waals surface area contributed by atoms with Crippen molar-refractivity contribution in [1.82, 2.24) is 20.2 Å². The predicted octanol–water partition coefficient (Wildman–Crippen LogP) is 2.83. The van der Waals surface area contributed by atoms with E-state index in [4.69, 9.17) is 0 Å². The van der Waals surface area contributed by atoms with E-state index in [9.17, 15) is 0 Å². The first kappa shape index (κ1) is 13.1. The van der Waals surface area contributed by atoms with Gasteiger partial charge in [0, 0.05) is 5.56 Å². The second-order valence-electron chi connectivity index (χ2n) is 4.21. The van der Waals surface area contributed by atoms with E-state index in [1.54, 1.807) is 4.80 Å². The summed E-state index contributed by atoms with van der Waals surface area (Å²) in [6, 6.07) is 9.93. The average Bonchev–Trinajstić information content (AvgIpc) is 2.88. The fraction of sp³-hybridized carbons (Fsp3) is 0.462. The highest BCUT2D eigenvalue weighted by Crippen LogP contribution is 2.12. The van der Waals surface area contributed by atoms with Crippen LogP contribution in [0.4, 0.5) is 0 Å². The van der Waals surface area contributed by atoms with Crippen LogP contribution >= 0.6 is 12.6 Å². The number of aromatic nitrogens is 4. The minimum atomic E-state index is 0.700. The lowest BCUT2D eigenvalue weighted by Gasteiger charge is -1.98. The molecule has 96 valence electrons. The van der Waals surface area contributed by atoms with Crippen molar-refractivity contribution in [2.24, 2.45) is 0 Å². The molecule has 1 heterocycles. The van der Waals surface area contributed by atoms with Crippen LogP contribution in [-0.4, -0.2) is 26.0 Å². The van der Waals surface area contributed by atoms with Gasteiger partial charge < -0.3 is 0 Å². The first-order chi connectivity index (χ1) is 8.90. The summed E-state index contributed by atoms with van der Waals surface area (Å²) in [6.45, 7) is 0.840. The summed E-state index contributed by atoms with van der Waals surface area (Å²) >= 11 is 4.20. The SMILES string of the molecule is SCCCCCCn1nnc(-c2ccccc2)n1. The van der Waals surface area contributed by atoms with Crippen molar-refractivity contribution < 1.29 is 0 Å².